The fraction of sp³-hybridized carbons (Fsp3) is 1.00. The van der Waals surface area contributed by atoms with E-state index in [-0.39, 0.29) is 0 Å². The minimum absolute atomic E-state index is 0.403. The monoisotopic (exact) mass is 132 g/mol. The maximum atomic E-state index is 9.19. The van der Waals surface area contributed by atoms with Crippen molar-refractivity contribution in [3.05, 3.63) is 0 Å². The molecule has 2 heteroatoms. The summed E-state index contributed by atoms with van der Waals surface area (Å²) in [4.78, 5) is 0. The highest BCUT2D eigenvalue weighted by Gasteiger charge is 2.23. The lowest BCUT2D eigenvalue weighted by Gasteiger charge is -2.26. The molecule has 2 N–H and O–H groups in total. The second-order valence-corrected chi connectivity index (χ2v) is 3.80. The first-order chi connectivity index (χ1) is 3.71. The molecule has 0 bridgehead atoms. The van der Waals surface area contributed by atoms with E-state index in [4.69, 9.17) is 0 Å². The van der Waals surface area contributed by atoms with Gasteiger partial charge in [-0.2, -0.15) is 0 Å². The van der Waals surface area contributed by atoms with Crippen LogP contribution in [0, 0.1) is 0 Å². The standard InChI is InChI=1S/C7H16O2/c1-6(2,8)5-7(3,4)9/h8-9H,5H2,1-4H3. The van der Waals surface area contributed by atoms with Gasteiger partial charge in [0.1, 0.15) is 0 Å². The van der Waals surface area contributed by atoms with E-state index in [2.05, 4.69) is 0 Å². The SMILES string of the molecule is CC(C)(O)CC(C)(C)O. The number of hydrogen-bond donors (Lipinski definition) is 2. The molecule has 0 atom stereocenters. The molecular formula is C7H16O2. The second-order valence-electron chi connectivity index (χ2n) is 3.80. The lowest BCUT2D eigenvalue weighted by atomic mass is 9.93. The van der Waals surface area contributed by atoms with Crippen molar-refractivity contribution in [3.8, 4) is 0 Å². The summed E-state index contributed by atoms with van der Waals surface area (Å²) >= 11 is 0. The van der Waals surface area contributed by atoms with Crippen LogP contribution in [0.15, 0.2) is 0 Å². The Hall–Kier alpha value is -0.0800. The van der Waals surface area contributed by atoms with Gasteiger partial charge in [-0.25, -0.2) is 0 Å². The number of rotatable bonds is 2. The van der Waals surface area contributed by atoms with Crippen LogP contribution < -0.4 is 0 Å². The van der Waals surface area contributed by atoms with Crippen molar-refractivity contribution in [2.75, 3.05) is 0 Å². The van der Waals surface area contributed by atoms with Gasteiger partial charge in [-0.1, -0.05) is 0 Å². The summed E-state index contributed by atoms with van der Waals surface area (Å²) < 4.78 is 0. The molecule has 0 rings (SSSR count). The van der Waals surface area contributed by atoms with Gasteiger partial charge in [0.2, 0.25) is 0 Å². The van der Waals surface area contributed by atoms with Gasteiger partial charge in [-0.3, -0.25) is 0 Å². The molecular weight excluding hydrogens is 116 g/mol. The van der Waals surface area contributed by atoms with E-state index in [9.17, 15) is 10.2 Å². The Labute approximate surface area is 56.5 Å². The quantitative estimate of drug-likeness (QED) is 0.586. The van der Waals surface area contributed by atoms with E-state index >= 15 is 0 Å². The van der Waals surface area contributed by atoms with Gasteiger partial charge < -0.3 is 10.2 Å². The van der Waals surface area contributed by atoms with Gasteiger partial charge in [0.05, 0.1) is 11.2 Å². The highest BCUT2D eigenvalue weighted by Crippen LogP contribution is 2.18. The third kappa shape index (κ3) is 7.92. The van der Waals surface area contributed by atoms with Crippen LogP contribution in [0.4, 0.5) is 0 Å². The molecule has 0 amide bonds. The summed E-state index contributed by atoms with van der Waals surface area (Å²) in [7, 11) is 0. The van der Waals surface area contributed by atoms with Crippen molar-refractivity contribution >= 4 is 0 Å². The molecule has 0 aliphatic rings. The maximum Gasteiger partial charge on any atom is 0.0618 e. The van der Waals surface area contributed by atoms with Gasteiger partial charge in [0.15, 0.2) is 0 Å². The molecule has 0 radical (unpaired) electrons. The van der Waals surface area contributed by atoms with Gasteiger partial charge >= 0.3 is 0 Å². The van der Waals surface area contributed by atoms with Gasteiger partial charge in [-0.15, -0.1) is 0 Å². The fourth-order valence-electron chi connectivity index (χ4n) is 1.06. The molecule has 9 heavy (non-hydrogen) atoms. The number of hydrogen-bond acceptors (Lipinski definition) is 2. The van der Waals surface area contributed by atoms with Crippen molar-refractivity contribution in [1.82, 2.24) is 0 Å². The molecule has 0 unspecified atom stereocenters. The third-order valence-electron chi connectivity index (χ3n) is 0.865. The lowest BCUT2D eigenvalue weighted by molar-refractivity contribution is -0.0244. The van der Waals surface area contributed by atoms with Crippen LogP contribution >= 0.6 is 0 Å². The Morgan fingerprint density at radius 2 is 1.11 bits per heavy atom. The van der Waals surface area contributed by atoms with E-state index in [0.29, 0.717) is 6.42 Å². The normalized spacial score (nSPS) is 14.0. The molecule has 0 spiro atoms. The molecule has 0 aliphatic heterocycles. The van der Waals surface area contributed by atoms with Crippen LogP contribution in [0.25, 0.3) is 0 Å². The lowest BCUT2D eigenvalue weighted by Crippen LogP contribution is -2.32. The van der Waals surface area contributed by atoms with Crippen LogP contribution in [0.1, 0.15) is 34.1 Å². The molecule has 0 aromatic carbocycles. The molecule has 0 fully saturated rings. The summed E-state index contributed by atoms with van der Waals surface area (Å²) in [5.41, 5.74) is -1.53. The van der Waals surface area contributed by atoms with E-state index in [0.717, 1.165) is 0 Å². The first-order valence-corrected chi connectivity index (χ1v) is 3.15. The average Bonchev–Trinajstić information content (AvgIpc) is 1.14. The van der Waals surface area contributed by atoms with Crippen LogP contribution in [0.3, 0.4) is 0 Å². The molecule has 0 aliphatic carbocycles. The molecule has 2 nitrogen and oxygen atoms in total. The van der Waals surface area contributed by atoms with E-state index in [1.807, 2.05) is 0 Å². The highest BCUT2D eigenvalue weighted by molar-refractivity contribution is 4.76. The third-order valence-corrected chi connectivity index (χ3v) is 0.865. The van der Waals surface area contributed by atoms with Crippen LogP contribution in [0.5, 0.6) is 0 Å². The summed E-state index contributed by atoms with van der Waals surface area (Å²) in [6, 6.07) is 0. The molecule has 0 aromatic heterocycles. The zero-order valence-corrected chi connectivity index (χ0v) is 6.60. The first-order valence-electron chi connectivity index (χ1n) is 3.15. The van der Waals surface area contributed by atoms with E-state index < -0.39 is 11.2 Å². The Balaban J connectivity index is 3.75. The average molecular weight is 132 g/mol. The molecule has 0 heterocycles. The van der Waals surface area contributed by atoms with Gasteiger partial charge in [-0.05, 0) is 27.7 Å². The second kappa shape index (κ2) is 2.27. The van der Waals surface area contributed by atoms with Gasteiger partial charge in [0, 0.05) is 6.42 Å². The van der Waals surface area contributed by atoms with Crippen molar-refractivity contribution in [3.63, 3.8) is 0 Å². The number of aliphatic hydroxyl groups is 2. The smallest absolute Gasteiger partial charge is 0.0618 e. The highest BCUT2D eigenvalue weighted by atomic mass is 16.3. The minimum atomic E-state index is -0.766. The van der Waals surface area contributed by atoms with Crippen LogP contribution in [-0.2, 0) is 0 Å². The Morgan fingerprint density at radius 3 is 1.11 bits per heavy atom. The fourth-order valence-corrected chi connectivity index (χ4v) is 1.06. The Bertz CT molecular complexity index is 72.1. The predicted octanol–water partition coefficient (Wildman–Crippen LogP) is 0.918. The first kappa shape index (κ1) is 8.92. The Kier molecular flexibility index (Phi) is 2.25. The zero-order chi connectivity index (χ0) is 7.71. The van der Waals surface area contributed by atoms with Crippen molar-refractivity contribution < 1.29 is 10.2 Å². The topological polar surface area (TPSA) is 40.5 Å². The predicted molar refractivity (Wildman–Crippen MR) is 37.2 cm³/mol. The summed E-state index contributed by atoms with van der Waals surface area (Å²) in [6.07, 6.45) is 0.403. The zero-order valence-electron chi connectivity index (χ0n) is 6.60. The largest absolute Gasteiger partial charge is 0.390 e. The Morgan fingerprint density at radius 1 is 0.889 bits per heavy atom. The maximum absolute atomic E-state index is 9.19. The molecule has 56 valence electrons. The van der Waals surface area contributed by atoms with E-state index in [1.165, 1.54) is 0 Å². The van der Waals surface area contributed by atoms with Crippen molar-refractivity contribution in [2.24, 2.45) is 0 Å². The summed E-state index contributed by atoms with van der Waals surface area (Å²) in [6.45, 7) is 6.74. The molecule has 0 saturated carbocycles. The van der Waals surface area contributed by atoms with Crippen molar-refractivity contribution in [2.45, 2.75) is 45.3 Å². The summed E-state index contributed by atoms with van der Waals surface area (Å²) in [5, 5.41) is 18.4. The van der Waals surface area contributed by atoms with Gasteiger partial charge in [0.25, 0.3) is 0 Å². The minimum Gasteiger partial charge on any atom is -0.390 e. The molecule has 0 aromatic rings. The van der Waals surface area contributed by atoms with E-state index in [1.54, 1.807) is 27.7 Å². The summed E-state index contributed by atoms with van der Waals surface area (Å²) in [5.74, 6) is 0. The van der Waals surface area contributed by atoms with Crippen LogP contribution in [0.2, 0.25) is 0 Å². The van der Waals surface area contributed by atoms with Crippen molar-refractivity contribution in [1.29, 1.82) is 0 Å². The van der Waals surface area contributed by atoms with Crippen LogP contribution in [-0.4, -0.2) is 21.4 Å². The molecule has 0 saturated heterocycles.